The number of hydrogen-bond acceptors (Lipinski definition) is 4. The molecule has 0 saturated carbocycles. The van der Waals surface area contributed by atoms with Gasteiger partial charge in [-0.3, -0.25) is 9.69 Å². The maximum absolute atomic E-state index is 11.7. The van der Waals surface area contributed by atoms with Crippen molar-refractivity contribution >= 4 is 33.5 Å². The monoisotopic (exact) mass is 323 g/mol. The number of carbonyl (C=O) groups is 1. The van der Waals surface area contributed by atoms with E-state index in [9.17, 15) is 4.79 Å². The molecule has 1 fully saturated rings. The number of alkyl halides is 1. The van der Waals surface area contributed by atoms with Crippen LogP contribution in [0, 0.1) is 0 Å². The Bertz CT molecular complexity index is 529. The van der Waals surface area contributed by atoms with E-state index < -0.39 is 0 Å². The summed E-state index contributed by atoms with van der Waals surface area (Å²) in [4.78, 5) is 20.0. The molecule has 0 aliphatic carbocycles. The highest BCUT2D eigenvalue weighted by atomic mass is 79.9. The van der Waals surface area contributed by atoms with Crippen LogP contribution in [-0.2, 0) is 4.79 Å². The normalized spacial score (nSPS) is 21.7. The van der Waals surface area contributed by atoms with Crippen LogP contribution in [0.3, 0.4) is 0 Å². The van der Waals surface area contributed by atoms with Crippen molar-refractivity contribution in [2.75, 3.05) is 30.4 Å². The molecular weight excluding hydrogens is 310 g/mol. The van der Waals surface area contributed by atoms with Gasteiger partial charge in [0, 0.05) is 11.0 Å². The summed E-state index contributed by atoms with van der Waals surface area (Å²) in [6, 6.07) is 8.03. The van der Waals surface area contributed by atoms with Crippen molar-refractivity contribution in [1.29, 1.82) is 0 Å². The number of benzene rings is 1. The lowest BCUT2D eigenvalue weighted by molar-refractivity contribution is -0.124. The van der Waals surface area contributed by atoms with Gasteiger partial charge in [-0.05, 0) is 24.3 Å². The van der Waals surface area contributed by atoms with E-state index in [0.717, 1.165) is 22.7 Å². The molecule has 100 valence electrons. The van der Waals surface area contributed by atoms with E-state index >= 15 is 0 Å². The third-order valence-corrected chi connectivity index (χ3v) is 4.15. The van der Waals surface area contributed by atoms with Crippen molar-refractivity contribution in [1.82, 2.24) is 4.90 Å². The Labute approximate surface area is 120 Å². The summed E-state index contributed by atoms with van der Waals surface area (Å²) in [5.41, 5.74) is 1.03. The highest BCUT2D eigenvalue weighted by Gasteiger charge is 2.41. The van der Waals surface area contributed by atoms with Crippen molar-refractivity contribution in [3.8, 4) is 5.75 Å². The summed E-state index contributed by atoms with van der Waals surface area (Å²) >= 11 is 3.51. The summed E-state index contributed by atoms with van der Waals surface area (Å²) in [6.07, 6.45) is 0. The number of halogens is 1. The number of aliphatic imine (C=N–C) groups is 1. The van der Waals surface area contributed by atoms with Crippen LogP contribution in [0.2, 0.25) is 0 Å². The van der Waals surface area contributed by atoms with E-state index in [-0.39, 0.29) is 18.5 Å². The Balaban J connectivity index is 1.94. The average molecular weight is 324 g/mol. The van der Waals surface area contributed by atoms with Gasteiger partial charge in [-0.15, -0.1) is 0 Å². The highest BCUT2D eigenvalue weighted by molar-refractivity contribution is 9.09. The number of rotatable bonds is 3. The molecule has 3 rings (SSSR count). The summed E-state index contributed by atoms with van der Waals surface area (Å²) in [6.45, 7) is 0.950. The van der Waals surface area contributed by atoms with Gasteiger partial charge < -0.3 is 9.64 Å². The van der Waals surface area contributed by atoms with Crippen molar-refractivity contribution in [3.05, 3.63) is 24.3 Å². The lowest BCUT2D eigenvalue weighted by Crippen LogP contribution is -2.36. The SMILES string of the molecule is COc1ccc(N2C3=NCC(=O)N3CC2CBr)cc1. The number of amides is 1. The predicted octanol–water partition coefficient (Wildman–Crippen LogP) is 1.48. The van der Waals surface area contributed by atoms with Crippen LogP contribution >= 0.6 is 15.9 Å². The Morgan fingerprint density at radius 3 is 2.79 bits per heavy atom. The van der Waals surface area contributed by atoms with E-state index in [1.807, 2.05) is 24.3 Å². The minimum Gasteiger partial charge on any atom is -0.497 e. The van der Waals surface area contributed by atoms with E-state index in [2.05, 4.69) is 25.8 Å². The van der Waals surface area contributed by atoms with Gasteiger partial charge in [0.25, 0.3) is 5.91 Å². The Morgan fingerprint density at radius 2 is 2.16 bits per heavy atom. The number of methoxy groups -OCH3 is 1. The Morgan fingerprint density at radius 1 is 1.42 bits per heavy atom. The third kappa shape index (κ3) is 2.00. The van der Waals surface area contributed by atoms with E-state index in [1.54, 1.807) is 12.0 Å². The number of ether oxygens (including phenoxy) is 1. The zero-order valence-corrected chi connectivity index (χ0v) is 12.1. The number of carbonyl (C=O) groups excluding carboxylic acids is 1. The molecule has 0 bridgehead atoms. The molecular formula is C13H14BrN3O2. The van der Waals surface area contributed by atoms with Crippen LogP contribution in [-0.4, -0.2) is 48.3 Å². The van der Waals surface area contributed by atoms with Gasteiger partial charge in [0.2, 0.25) is 5.96 Å². The van der Waals surface area contributed by atoms with Gasteiger partial charge in [-0.1, -0.05) is 15.9 Å². The first-order chi connectivity index (χ1) is 9.24. The van der Waals surface area contributed by atoms with Crippen LogP contribution in [0.4, 0.5) is 5.69 Å². The number of hydrogen-bond donors (Lipinski definition) is 0. The van der Waals surface area contributed by atoms with E-state index in [4.69, 9.17) is 4.74 Å². The van der Waals surface area contributed by atoms with Gasteiger partial charge in [0.15, 0.2) is 0 Å². The molecule has 6 heteroatoms. The molecule has 2 heterocycles. The number of fused-ring (bicyclic) bond motifs is 1. The molecule has 19 heavy (non-hydrogen) atoms. The zero-order valence-electron chi connectivity index (χ0n) is 10.5. The van der Waals surface area contributed by atoms with E-state index in [0.29, 0.717) is 6.54 Å². The summed E-state index contributed by atoms with van der Waals surface area (Å²) < 4.78 is 5.17. The van der Waals surface area contributed by atoms with Gasteiger partial charge in [-0.2, -0.15) is 0 Å². The number of nitrogens with zero attached hydrogens (tertiary/aromatic N) is 3. The molecule has 1 unspecified atom stereocenters. The fourth-order valence-electron chi connectivity index (χ4n) is 2.45. The predicted molar refractivity (Wildman–Crippen MR) is 77.1 cm³/mol. The quantitative estimate of drug-likeness (QED) is 0.791. The number of anilines is 1. The Hall–Kier alpha value is -1.56. The first kappa shape index (κ1) is 12.5. The lowest BCUT2D eigenvalue weighted by Gasteiger charge is -2.23. The van der Waals surface area contributed by atoms with E-state index in [1.165, 1.54) is 0 Å². The second-order valence-electron chi connectivity index (χ2n) is 4.50. The van der Waals surface area contributed by atoms with Crippen molar-refractivity contribution < 1.29 is 9.53 Å². The van der Waals surface area contributed by atoms with Gasteiger partial charge >= 0.3 is 0 Å². The zero-order chi connectivity index (χ0) is 13.4. The molecule has 0 N–H and O–H groups in total. The molecule has 2 aliphatic rings. The average Bonchev–Trinajstić information content (AvgIpc) is 2.99. The molecule has 0 radical (unpaired) electrons. The van der Waals surface area contributed by atoms with Crippen molar-refractivity contribution in [2.45, 2.75) is 6.04 Å². The fraction of sp³-hybridized carbons (Fsp3) is 0.385. The van der Waals surface area contributed by atoms with Crippen LogP contribution in [0.1, 0.15) is 0 Å². The maximum atomic E-state index is 11.7. The molecule has 1 saturated heterocycles. The van der Waals surface area contributed by atoms with Crippen LogP contribution in [0.25, 0.3) is 0 Å². The molecule has 2 aliphatic heterocycles. The summed E-state index contributed by atoms with van der Waals surface area (Å²) in [5, 5.41) is 0.793. The second-order valence-corrected chi connectivity index (χ2v) is 5.14. The highest BCUT2D eigenvalue weighted by Crippen LogP contribution is 2.29. The summed E-state index contributed by atoms with van der Waals surface area (Å²) in [7, 11) is 1.65. The summed E-state index contributed by atoms with van der Waals surface area (Å²) in [5.74, 6) is 1.66. The van der Waals surface area contributed by atoms with Crippen LogP contribution in [0.15, 0.2) is 29.3 Å². The number of guanidine groups is 1. The van der Waals surface area contributed by atoms with Gasteiger partial charge in [-0.25, -0.2) is 4.99 Å². The second kappa shape index (κ2) is 4.85. The topological polar surface area (TPSA) is 45.1 Å². The third-order valence-electron chi connectivity index (χ3n) is 3.40. The molecule has 1 atom stereocenters. The van der Waals surface area contributed by atoms with Gasteiger partial charge in [0.05, 0.1) is 19.7 Å². The van der Waals surface area contributed by atoms with Crippen molar-refractivity contribution in [3.63, 3.8) is 0 Å². The first-order valence-corrected chi connectivity index (χ1v) is 7.21. The standard InChI is InChI=1S/C13H14BrN3O2/c1-19-11-4-2-9(3-5-11)17-10(6-14)8-16-12(18)7-15-13(16)17/h2-5,10H,6-8H2,1H3. The van der Waals surface area contributed by atoms with Crippen molar-refractivity contribution in [2.24, 2.45) is 4.99 Å². The van der Waals surface area contributed by atoms with Gasteiger partial charge in [0.1, 0.15) is 12.3 Å². The lowest BCUT2D eigenvalue weighted by atomic mass is 10.2. The molecule has 1 aromatic rings. The molecule has 1 amide bonds. The van der Waals surface area contributed by atoms with Crippen LogP contribution in [0.5, 0.6) is 5.75 Å². The molecule has 0 aromatic heterocycles. The maximum Gasteiger partial charge on any atom is 0.251 e. The smallest absolute Gasteiger partial charge is 0.251 e. The minimum atomic E-state index is 0.0805. The molecule has 5 nitrogen and oxygen atoms in total. The Kier molecular flexibility index (Phi) is 3.18. The van der Waals surface area contributed by atoms with Crippen LogP contribution < -0.4 is 9.64 Å². The molecule has 0 spiro atoms. The molecule has 1 aromatic carbocycles. The largest absolute Gasteiger partial charge is 0.497 e. The fourth-order valence-corrected chi connectivity index (χ4v) is 2.95. The minimum absolute atomic E-state index is 0.0805. The first-order valence-electron chi connectivity index (χ1n) is 6.08.